The van der Waals surface area contributed by atoms with Gasteiger partial charge in [-0.3, -0.25) is 14.5 Å². The second-order valence-corrected chi connectivity index (χ2v) is 8.09. The third-order valence-electron chi connectivity index (χ3n) is 5.60. The second-order valence-electron chi connectivity index (χ2n) is 8.09. The number of carbonyl (C=O) groups is 2. The number of ketones is 1. The minimum atomic E-state index is -0.945. The van der Waals surface area contributed by atoms with Crippen molar-refractivity contribution in [3.63, 3.8) is 0 Å². The number of rotatable bonds is 7. The van der Waals surface area contributed by atoms with Gasteiger partial charge in [0, 0.05) is 11.6 Å². The molecule has 8 heteroatoms. The first-order valence-electron chi connectivity index (χ1n) is 11.0. The number of aryl methyl sites for hydroxylation is 2. The largest absolute Gasteiger partial charge is 0.507 e. The molecular formula is C26H26N2O6. The van der Waals surface area contributed by atoms with Gasteiger partial charge in [-0.25, -0.2) is 0 Å². The highest BCUT2D eigenvalue weighted by molar-refractivity contribution is 6.51. The summed E-state index contributed by atoms with van der Waals surface area (Å²) in [7, 11) is 1.52. The minimum absolute atomic E-state index is 0.0428. The molecule has 2 aromatic carbocycles. The molecule has 1 amide bonds. The van der Waals surface area contributed by atoms with E-state index in [1.807, 2.05) is 26.0 Å². The molecule has 0 spiro atoms. The van der Waals surface area contributed by atoms with Gasteiger partial charge in [0.15, 0.2) is 17.3 Å². The summed E-state index contributed by atoms with van der Waals surface area (Å²) in [5.74, 6) is -0.237. The van der Waals surface area contributed by atoms with E-state index < -0.39 is 17.7 Å². The van der Waals surface area contributed by atoms with Gasteiger partial charge >= 0.3 is 5.91 Å². The number of hydrogen-bond acceptors (Lipinski definition) is 7. The van der Waals surface area contributed by atoms with Crippen LogP contribution in [0.1, 0.15) is 41.8 Å². The third-order valence-corrected chi connectivity index (χ3v) is 5.60. The highest BCUT2D eigenvalue weighted by Crippen LogP contribution is 2.44. The molecule has 1 aromatic heterocycles. The van der Waals surface area contributed by atoms with Crippen LogP contribution >= 0.6 is 0 Å². The van der Waals surface area contributed by atoms with Crippen LogP contribution < -0.4 is 14.4 Å². The summed E-state index contributed by atoms with van der Waals surface area (Å²) in [6, 6.07) is 12.9. The molecule has 0 unspecified atom stereocenters. The summed E-state index contributed by atoms with van der Waals surface area (Å²) in [5, 5.41) is 15.1. The van der Waals surface area contributed by atoms with Crippen molar-refractivity contribution in [3.8, 4) is 11.5 Å². The fraction of sp³-hybridized carbons (Fsp3) is 0.269. The van der Waals surface area contributed by atoms with Gasteiger partial charge in [-0.05, 0) is 38.0 Å². The van der Waals surface area contributed by atoms with Gasteiger partial charge in [0.2, 0.25) is 0 Å². The van der Waals surface area contributed by atoms with Gasteiger partial charge in [-0.15, -0.1) is 0 Å². The van der Waals surface area contributed by atoms with Crippen molar-refractivity contribution in [3.05, 3.63) is 76.6 Å². The zero-order chi connectivity index (χ0) is 24.4. The van der Waals surface area contributed by atoms with Gasteiger partial charge < -0.3 is 19.1 Å². The highest BCUT2D eigenvalue weighted by atomic mass is 16.5. The van der Waals surface area contributed by atoms with Crippen molar-refractivity contribution in [1.29, 1.82) is 0 Å². The van der Waals surface area contributed by atoms with E-state index in [9.17, 15) is 14.7 Å². The number of anilines is 1. The van der Waals surface area contributed by atoms with Gasteiger partial charge in [-0.1, -0.05) is 48.0 Å². The number of Topliss-reactive ketones (excluding diaryl/α,β-unsaturated/α-hetero) is 1. The molecule has 1 atom stereocenters. The number of methoxy groups -OCH3 is 1. The number of aliphatic hydroxyl groups is 1. The lowest BCUT2D eigenvalue weighted by molar-refractivity contribution is -0.132. The molecule has 0 aliphatic carbocycles. The van der Waals surface area contributed by atoms with E-state index in [1.54, 1.807) is 43.3 Å². The molecule has 0 saturated carbocycles. The lowest BCUT2D eigenvalue weighted by Gasteiger charge is -2.23. The van der Waals surface area contributed by atoms with Crippen molar-refractivity contribution in [2.75, 3.05) is 18.6 Å². The van der Waals surface area contributed by atoms with Crippen molar-refractivity contribution < 1.29 is 28.7 Å². The Hall–Kier alpha value is -4.07. The second kappa shape index (κ2) is 9.43. The number of aliphatic hydroxyl groups excluding tert-OH is 1. The van der Waals surface area contributed by atoms with Gasteiger partial charge in [0.1, 0.15) is 11.5 Å². The zero-order valence-electron chi connectivity index (χ0n) is 19.5. The molecule has 3 aromatic rings. The number of carbonyl (C=O) groups excluding carboxylic acids is 2. The quantitative estimate of drug-likeness (QED) is 0.308. The molecule has 1 aliphatic heterocycles. The van der Waals surface area contributed by atoms with Crippen LogP contribution in [0.25, 0.3) is 5.76 Å². The Morgan fingerprint density at radius 2 is 1.82 bits per heavy atom. The number of aromatic nitrogens is 1. The SMILES string of the molecule is CCCOc1ccc([C@@H]2/C(=C(\O)c3ccc(C)cc3)C(=O)C(=O)N2c2cc(C)on2)cc1OC. The Labute approximate surface area is 197 Å². The molecule has 0 bridgehead atoms. The Kier molecular flexibility index (Phi) is 6.40. The lowest BCUT2D eigenvalue weighted by Crippen LogP contribution is -2.29. The summed E-state index contributed by atoms with van der Waals surface area (Å²) in [6.07, 6.45) is 0.827. The average molecular weight is 463 g/mol. The minimum Gasteiger partial charge on any atom is -0.507 e. The smallest absolute Gasteiger partial charge is 0.301 e. The van der Waals surface area contributed by atoms with Gasteiger partial charge in [-0.2, -0.15) is 0 Å². The summed E-state index contributed by atoms with van der Waals surface area (Å²) >= 11 is 0. The summed E-state index contributed by atoms with van der Waals surface area (Å²) < 4.78 is 16.4. The van der Waals surface area contributed by atoms with Crippen LogP contribution in [-0.4, -0.2) is 35.7 Å². The number of amides is 1. The molecule has 4 rings (SSSR count). The molecule has 0 radical (unpaired) electrons. The maximum Gasteiger partial charge on any atom is 0.301 e. The molecule has 176 valence electrons. The van der Waals surface area contributed by atoms with E-state index >= 15 is 0 Å². The first-order chi connectivity index (χ1) is 16.3. The molecule has 1 aliphatic rings. The summed E-state index contributed by atoms with van der Waals surface area (Å²) in [5.41, 5.74) is 1.94. The van der Waals surface area contributed by atoms with E-state index in [-0.39, 0.29) is 17.2 Å². The molecular weight excluding hydrogens is 436 g/mol. The normalized spacial score (nSPS) is 17.3. The molecule has 34 heavy (non-hydrogen) atoms. The van der Waals surface area contributed by atoms with E-state index in [2.05, 4.69) is 5.16 Å². The Morgan fingerprint density at radius 3 is 2.44 bits per heavy atom. The van der Waals surface area contributed by atoms with E-state index in [4.69, 9.17) is 14.0 Å². The van der Waals surface area contributed by atoms with Crippen molar-refractivity contribution in [2.45, 2.75) is 33.2 Å². The van der Waals surface area contributed by atoms with Crippen molar-refractivity contribution >= 4 is 23.3 Å². The molecule has 1 N–H and O–H groups in total. The van der Waals surface area contributed by atoms with Crippen molar-refractivity contribution in [2.24, 2.45) is 0 Å². The Balaban J connectivity index is 1.91. The van der Waals surface area contributed by atoms with Crippen LogP contribution in [0.5, 0.6) is 11.5 Å². The van der Waals surface area contributed by atoms with Crippen LogP contribution in [0.3, 0.4) is 0 Å². The summed E-state index contributed by atoms with van der Waals surface area (Å²) in [6.45, 7) is 6.13. The average Bonchev–Trinajstić information content (AvgIpc) is 3.38. The maximum atomic E-state index is 13.2. The number of hydrogen-bond donors (Lipinski definition) is 1. The predicted molar refractivity (Wildman–Crippen MR) is 126 cm³/mol. The van der Waals surface area contributed by atoms with E-state index in [0.717, 1.165) is 12.0 Å². The molecule has 1 fully saturated rings. The topological polar surface area (TPSA) is 102 Å². The predicted octanol–water partition coefficient (Wildman–Crippen LogP) is 4.72. The molecule has 8 nitrogen and oxygen atoms in total. The molecule has 2 heterocycles. The van der Waals surface area contributed by atoms with Crippen LogP contribution in [0.2, 0.25) is 0 Å². The standard InChI is InChI=1S/C26H26N2O6/c1-5-12-33-19-11-10-18(14-20(19)32-4)23-22(24(29)17-8-6-15(2)7-9-17)25(30)26(31)28(23)21-13-16(3)34-27-21/h6-11,13-14,23,29H,5,12H2,1-4H3/b24-22+/t23-/m1/s1. The number of benzene rings is 2. The first-order valence-corrected chi connectivity index (χ1v) is 11.0. The summed E-state index contributed by atoms with van der Waals surface area (Å²) in [4.78, 5) is 27.6. The highest BCUT2D eigenvalue weighted by Gasteiger charge is 2.48. The fourth-order valence-corrected chi connectivity index (χ4v) is 3.90. The molecule has 1 saturated heterocycles. The van der Waals surface area contributed by atoms with Crippen LogP contribution in [0.4, 0.5) is 5.82 Å². The van der Waals surface area contributed by atoms with Crippen LogP contribution in [0.15, 0.2) is 58.6 Å². The van der Waals surface area contributed by atoms with Crippen molar-refractivity contribution in [1.82, 2.24) is 5.16 Å². The Morgan fingerprint density at radius 1 is 1.09 bits per heavy atom. The van der Waals surface area contributed by atoms with E-state index in [1.165, 1.54) is 12.0 Å². The lowest BCUT2D eigenvalue weighted by atomic mass is 9.94. The maximum absolute atomic E-state index is 13.2. The monoisotopic (exact) mass is 462 g/mol. The Bertz CT molecular complexity index is 1260. The fourth-order valence-electron chi connectivity index (χ4n) is 3.90. The van der Waals surface area contributed by atoms with E-state index in [0.29, 0.717) is 35.0 Å². The number of ether oxygens (including phenoxy) is 2. The van der Waals surface area contributed by atoms with Crippen LogP contribution in [0, 0.1) is 13.8 Å². The third kappa shape index (κ3) is 4.14. The van der Waals surface area contributed by atoms with Crippen LogP contribution in [-0.2, 0) is 9.59 Å². The first kappa shape index (κ1) is 23.1. The van der Waals surface area contributed by atoms with Gasteiger partial charge in [0.05, 0.1) is 25.3 Å². The number of nitrogens with zero attached hydrogens (tertiary/aromatic N) is 2. The zero-order valence-corrected chi connectivity index (χ0v) is 19.5. The van der Waals surface area contributed by atoms with Gasteiger partial charge in [0.25, 0.3) is 5.78 Å².